The summed E-state index contributed by atoms with van der Waals surface area (Å²) in [5.41, 5.74) is 0. The summed E-state index contributed by atoms with van der Waals surface area (Å²) >= 11 is 0. The molecule has 2 rings (SSSR count). The summed E-state index contributed by atoms with van der Waals surface area (Å²) in [6.07, 6.45) is 3.38. The van der Waals surface area contributed by atoms with Crippen molar-refractivity contribution in [3.8, 4) is 0 Å². The molecule has 1 unspecified atom stereocenters. The van der Waals surface area contributed by atoms with Crippen molar-refractivity contribution in [1.82, 2.24) is 15.1 Å². The number of likely N-dealkylation sites (tertiary alicyclic amines) is 1. The second kappa shape index (κ2) is 4.72. The first-order valence-corrected chi connectivity index (χ1v) is 6.03. The molecule has 90 valence electrons. The number of carbonyl (C=O) groups excluding carboxylic acids is 2. The fourth-order valence-corrected chi connectivity index (χ4v) is 2.31. The van der Waals surface area contributed by atoms with Crippen molar-refractivity contribution in [2.75, 3.05) is 26.2 Å². The van der Waals surface area contributed by atoms with Gasteiger partial charge in [0.05, 0.1) is 0 Å². The second-order valence-corrected chi connectivity index (χ2v) is 4.49. The molecule has 2 aliphatic rings. The molecular weight excluding hydrogens is 206 g/mol. The zero-order valence-corrected chi connectivity index (χ0v) is 9.74. The van der Waals surface area contributed by atoms with Crippen molar-refractivity contribution in [3.63, 3.8) is 0 Å². The van der Waals surface area contributed by atoms with Gasteiger partial charge in [-0.2, -0.15) is 0 Å². The molecule has 0 radical (unpaired) electrons. The number of hydrogen-bond acceptors (Lipinski definition) is 2. The fraction of sp³-hybridized carbons (Fsp3) is 0.818. The summed E-state index contributed by atoms with van der Waals surface area (Å²) in [6.45, 7) is 4.66. The molecule has 1 N–H and O–H groups in total. The van der Waals surface area contributed by atoms with E-state index < -0.39 is 0 Å². The molecule has 2 fully saturated rings. The van der Waals surface area contributed by atoms with E-state index in [9.17, 15) is 9.59 Å². The highest BCUT2D eigenvalue weighted by Gasteiger charge is 2.32. The molecule has 2 aliphatic heterocycles. The number of amides is 3. The molecule has 3 amide bonds. The van der Waals surface area contributed by atoms with Crippen LogP contribution in [0.3, 0.4) is 0 Å². The van der Waals surface area contributed by atoms with E-state index >= 15 is 0 Å². The van der Waals surface area contributed by atoms with E-state index in [0.717, 1.165) is 25.9 Å². The number of urea groups is 1. The summed E-state index contributed by atoms with van der Waals surface area (Å²) in [6, 6.07) is -0.301. The Morgan fingerprint density at radius 1 is 1.25 bits per heavy atom. The highest BCUT2D eigenvalue weighted by Crippen LogP contribution is 2.14. The SMILES string of the molecule is CC1C(=O)NCCN1C(=O)N1CCCCC1. The van der Waals surface area contributed by atoms with Crippen molar-refractivity contribution in [2.45, 2.75) is 32.2 Å². The molecule has 0 bridgehead atoms. The highest BCUT2D eigenvalue weighted by atomic mass is 16.2. The summed E-state index contributed by atoms with van der Waals surface area (Å²) in [4.78, 5) is 27.2. The molecule has 1 atom stereocenters. The predicted octanol–water partition coefficient (Wildman–Crippen LogP) is 0.413. The third-order valence-electron chi connectivity index (χ3n) is 3.37. The maximum atomic E-state index is 12.2. The standard InChI is InChI=1S/C11H19N3O2/c1-9-10(15)12-5-8-14(9)11(16)13-6-3-2-4-7-13/h9H,2-8H2,1H3,(H,12,15). The van der Waals surface area contributed by atoms with Crippen LogP contribution >= 0.6 is 0 Å². The topological polar surface area (TPSA) is 52.7 Å². The first kappa shape index (κ1) is 11.2. The Morgan fingerprint density at radius 3 is 2.62 bits per heavy atom. The minimum atomic E-state index is -0.330. The number of rotatable bonds is 0. The summed E-state index contributed by atoms with van der Waals surface area (Å²) in [7, 11) is 0. The van der Waals surface area contributed by atoms with Crippen molar-refractivity contribution < 1.29 is 9.59 Å². The Balaban J connectivity index is 1.99. The average Bonchev–Trinajstić information content (AvgIpc) is 2.33. The normalized spacial score (nSPS) is 26.6. The van der Waals surface area contributed by atoms with Crippen molar-refractivity contribution in [3.05, 3.63) is 0 Å². The maximum absolute atomic E-state index is 12.2. The average molecular weight is 225 g/mol. The third kappa shape index (κ3) is 2.13. The molecule has 0 aliphatic carbocycles. The molecular formula is C11H19N3O2. The van der Waals surface area contributed by atoms with Gasteiger partial charge in [-0.1, -0.05) is 0 Å². The van der Waals surface area contributed by atoms with Gasteiger partial charge in [-0.15, -0.1) is 0 Å². The Morgan fingerprint density at radius 2 is 1.94 bits per heavy atom. The van der Waals surface area contributed by atoms with Gasteiger partial charge in [-0.25, -0.2) is 4.79 Å². The minimum absolute atomic E-state index is 0.0297. The van der Waals surface area contributed by atoms with Crippen LogP contribution in [0.1, 0.15) is 26.2 Å². The van der Waals surface area contributed by atoms with Crippen LogP contribution in [-0.2, 0) is 4.79 Å². The smallest absolute Gasteiger partial charge is 0.320 e. The number of carbonyl (C=O) groups is 2. The van der Waals surface area contributed by atoms with Gasteiger partial charge in [-0.3, -0.25) is 4.79 Å². The molecule has 0 aromatic heterocycles. The van der Waals surface area contributed by atoms with Crippen LogP contribution in [-0.4, -0.2) is 54.0 Å². The number of nitrogens with one attached hydrogen (secondary N) is 1. The van der Waals surface area contributed by atoms with E-state index in [2.05, 4.69) is 5.32 Å². The Bertz CT molecular complexity index is 287. The molecule has 0 spiro atoms. The van der Waals surface area contributed by atoms with E-state index in [0.29, 0.717) is 13.1 Å². The molecule has 0 aromatic carbocycles. The van der Waals surface area contributed by atoms with Crippen LogP contribution in [0.2, 0.25) is 0 Å². The molecule has 16 heavy (non-hydrogen) atoms. The van der Waals surface area contributed by atoms with Gasteiger partial charge < -0.3 is 15.1 Å². The van der Waals surface area contributed by atoms with E-state index in [1.165, 1.54) is 6.42 Å². The summed E-state index contributed by atoms with van der Waals surface area (Å²) in [5.74, 6) is -0.0448. The van der Waals surface area contributed by atoms with Gasteiger partial charge in [-0.05, 0) is 26.2 Å². The van der Waals surface area contributed by atoms with Crippen LogP contribution in [0.25, 0.3) is 0 Å². The molecule has 2 heterocycles. The molecule has 0 aromatic rings. The molecule has 0 saturated carbocycles. The summed E-state index contributed by atoms with van der Waals surface area (Å²) < 4.78 is 0. The maximum Gasteiger partial charge on any atom is 0.320 e. The number of piperazine rings is 1. The van der Waals surface area contributed by atoms with Gasteiger partial charge in [0.15, 0.2) is 0 Å². The van der Waals surface area contributed by atoms with Crippen LogP contribution in [0.4, 0.5) is 4.79 Å². The van der Waals surface area contributed by atoms with Crippen LogP contribution in [0.5, 0.6) is 0 Å². The number of piperidine rings is 1. The first-order valence-electron chi connectivity index (χ1n) is 6.03. The predicted molar refractivity (Wildman–Crippen MR) is 60.0 cm³/mol. The Kier molecular flexibility index (Phi) is 3.31. The fourth-order valence-electron chi connectivity index (χ4n) is 2.31. The largest absolute Gasteiger partial charge is 0.353 e. The minimum Gasteiger partial charge on any atom is -0.353 e. The highest BCUT2D eigenvalue weighted by molar-refractivity contribution is 5.87. The zero-order chi connectivity index (χ0) is 11.5. The third-order valence-corrected chi connectivity index (χ3v) is 3.37. The van der Waals surface area contributed by atoms with Gasteiger partial charge in [0.2, 0.25) is 5.91 Å². The van der Waals surface area contributed by atoms with Crippen molar-refractivity contribution in [2.24, 2.45) is 0 Å². The lowest BCUT2D eigenvalue weighted by molar-refractivity contribution is -0.127. The van der Waals surface area contributed by atoms with Crippen molar-refractivity contribution in [1.29, 1.82) is 0 Å². The van der Waals surface area contributed by atoms with Gasteiger partial charge in [0, 0.05) is 26.2 Å². The van der Waals surface area contributed by atoms with Gasteiger partial charge >= 0.3 is 6.03 Å². The van der Waals surface area contributed by atoms with Gasteiger partial charge in [0.25, 0.3) is 0 Å². The zero-order valence-electron chi connectivity index (χ0n) is 9.74. The van der Waals surface area contributed by atoms with Gasteiger partial charge in [0.1, 0.15) is 6.04 Å². The molecule has 5 nitrogen and oxygen atoms in total. The first-order chi connectivity index (χ1) is 7.70. The van der Waals surface area contributed by atoms with E-state index in [1.54, 1.807) is 11.8 Å². The lowest BCUT2D eigenvalue weighted by atomic mass is 10.1. The number of hydrogen-bond donors (Lipinski definition) is 1. The van der Waals surface area contributed by atoms with E-state index in [1.807, 2.05) is 4.90 Å². The second-order valence-electron chi connectivity index (χ2n) is 4.49. The van der Waals surface area contributed by atoms with Crippen LogP contribution < -0.4 is 5.32 Å². The molecule has 2 saturated heterocycles. The quantitative estimate of drug-likeness (QED) is 0.649. The van der Waals surface area contributed by atoms with Crippen LogP contribution in [0, 0.1) is 0 Å². The lowest BCUT2D eigenvalue weighted by Crippen LogP contribution is -2.59. The number of nitrogens with zero attached hydrogens (tertiary/aromatic N) is 2. The Labute approximate surface area is 95.8 Å². The lowest BCUT2D eigenvalue weighted by Gasteiger charge is -2.38. The van der Waals surface area contributed by atoms with E-state index in [4.69, 9.17) is 0 Å². The van der Waals surface area contributed by atoms with E-state index in [-0.39, 0.29) is 18.0 Å². The van der Waals surface area contributed by atoms with Crippen molar-refractivity contribution >= 4 is 11.9 Å². The monoisotopic (exact) mass is 225 g/mol. The Hall–Kier alpha value is -1.26. The van der Waals surface area contributed by atoms with Crippen LogP contribution in [0.15, 0.2) is 0 Å². The molecule has 5 heteroatoms. The summed E-state index contributed by atoms with van der Waals surface area (Å²) in [5, 5.41) is 2.77.